The SMILES string of the molecule is COCOc1cc(F)cc(F)c1C(=O)c1ccc(C(=O)O[N+]2(C(=O)O)CCCCC(NC(=O)c3cc(OC)c(OCOC)c(OC)c3)C2)cc1. The number of likely N-dealkylation sites (tertiary alicyclic amines) is 1. The molecule has 1 heterocycles. The zero-order valence-corrected chi connectivity index (χ0v) is 27.8. The molecule has 50 heavy (non-hydrogen) atoms. The van der Waals surface area contributed by atoms with E-state index in [-0.39, 0.29) is 66.4 Å². The molecular weight excluding hydrogens is 666 g/mol. The maximum atomic E-state index is 14.7. The van der Waals surface area contributed by atoms with Crippen LogP contribution in [0.3, 0.4) is 0 Å². The van der Waals surface area contributed by atoms with Gasteiger partial charge in [0.05, 0.1) is 25.8 Å². The van der Waals surface area contributed by atoms with Crippen LogP contribution in [0.1, 0.15) is 55.9 Å². The van der Waals surface area contributed by atoms with Crippen LogP contribution in [0.5, 0.6) is 23.0 Å². The van der Waals surface area contributed by atoms with Crippen molar-refractivity contribution in [2.45, 2.75) is 25.3 Å². The van der Waals surface area contributed by atoms with Gasteiger partial charge in [0.15, 0.2) is 37.4 Å². The number of rotatable bonds is 13. The number of carbonyl (C=O) groups is 4. The molecule has 2 atom stereocenters. The molecule has 0 saturated carbocycles. The molecule has 0 aliphatic carbocycles. The molecule has 2 unspecified atom stereocenters. The summed E-state index contributed by atoms with van der Waals surface area (Å²) in [5, 5.41) is 13.1. The lowest BCUT2D eigenvalue weighted by molar-refractivity contribution is -1.03. The average molecular weight is 704 g/mol. The molecule has 16 heteroatoms. The molecule has 3 aromatic rings. The van der Waals surface area contributed by atoms with Gasteiger partial charge in [-0.15, -0.1) is 0 Å². The summed E-state index contributed by atoms with van der Waals surface area (Å²) in [6.45, 7) is -0.840. The van der Waals surface area contributed by atoms with E-state index in [4.69, 9.17) is 33.3 Å². The average Bonchev–Trinajstić information content (AvgIpc) is 3.31. The summed E-state index contributed by atoms with van der Waals surface area (Å²) in [4.78, 5) is 58.1. The first-order valence-electron chi connectivity index (χ1n) is 15.3. The molecule has 0 aromatic heterocycles. The van der Waals surface area contributed by atoms with E-state index < -0.39 is 51.6 Å². The van der Waals surface area contributed by atoms with Gasteiger partial charge in [0.2, 0.25) is 5.75 Å². The highest BCUT2D eigenvalue weighted by Gasteiger charge is 2.47. The molecule has 2 N–H and O–H groups in total. The smallest absolute Gasteiger partial charge is 0.493 e. The van der Waals surface area contributed by atoms with Crippen LogP contribution in [0.15, 0.2) is 48.5 Å². The third-order valence-electron chi connectivity index (χ3n) is 7.78. The first-order valence-corrected chi connectivity index (χ1v) is 15.3. The highest BCUT2D eigenvalue weighted by Crippen LogP contribution is 2.39. The van der Waals surface area contributed by atoms with Crippen LogP contribution in [-0.2, 0) is 14.3 Å². The van der Waals surface area contributed by atoms with E-state index in [1.54, 1.807) is 0 Å². The van der Waals surface area contributed by atoms with Crippen molar-refractivity contribution < 1.29 is 71.0 Å². The first kappa shape index (κ1) is 37.5. The van der Waals surface area contributed by atoms with Gasteiger partial charge in [0.25, 0.3) is 5.91 Å². The lowest BCUT2D eigenvalue weighted by Gasteiger charge is -2.30. The number of ketones is 1. The summed E-state index contributed by atoms with van der Waals surface area (Å²) in [5.41, 5.74) is -0.569. The van der Waals surface area contributed by atoms with E-state index in [1.807, 2.05) is 0 Å². The number of quaternary nitrogens is 1. The fourth-order valence-electron chi connectivity index (χ4n) is 5.37. The Kier molecular flexibility index (Phi) is 12.7. The van der Waals surface area contributed by atoms with Gasteiger partial charge in [0, 0.05) is 43.9 Å². The number of amides is 2. The van der Waals surface area contributed by atoms with Crippen LogP contribution in [-0.4, -0.2) is 94.7 Å². The molecular formula is C34H37F2N2O12+. The van der Waals surface area contributed by atoms with Gasteiger partial charge < -0.3 is 38.8 Å². The molecule has 1 fully saturated rings. The second-order valence-corrected chi connectivity index (χ2v) is 11.1. The monoisotopic (exact) mass is 703 g/mol. The molecule has 1 saturated heterocycles. The standard InChI is InChI=1S/C34H36F2N2O12/c1-44-18-48-26-16-23(35)15-25(36)29(26)30(39)20-8-10-21(11-9-20)33(41)50-38(34(42)43)12-6-5-7-24(17-38)37-32(40)22-13-27(46-3)31(49-19-45-2)28(14-22)47-4/h8-11,13-16,24H,5-7,12,17-19H2,1-4H3,(H-,37,40,42,43)/p+1. The van der Waals surface area contributed by atoms with Crippen LogP contribution in [0, 0.1) is 11.6 Å². The van der Waals surface area contributed by atoms with E-state index in [0.29, 0.717) is 25.3 Å². The number of ether oxygens (including phenoxy) is 6. The van der Waals surface area contributed by atoms with E-state index in [2.05, 4.69) is 5.32 Å². The molecule has 1 aliphatic rings. The minimum atomic E-state index is -1.45. The lowest BCUT2D eigenvalue weighted by atomic mass is 10.0. The van der Waals surface area contributed by atoms with Crippen molar-refractivity contribution in [1.29, 1.82) is 0 Å². The van der Waals surface area contributed by atoms with Crippen molar-refractivity contribution >= 4 is 23.8 Å². The molecule has 0 spiro atoms. The zero-order valence-electron chi connectivity index (χ0n) is 27.8. The van der Waals surface area contributed by atoms with E-state index in [0.717, 1.165) is 6.07 Å². The third-order valence-corrected chi connectivity index (χ3v) is 7.78. The Balaban J connectivity index is 1.52. The largest absolute Gasteiger partial charge is 0.556 e. The fourth-order valence-corrected chi connectivity index (χ4v) is 5.37. The molecule has 1 aliphatic heterocycles. The summed E-state index contributed by atoms with van der Waals surface area (Å²) in [6, 6.07) is 8.37. The Morgan fingerprint density at radius 3 is 2.04 bits per heavy atom. The molecule has 3 aromatic carbocycles. The quantitative estimate of drug-likeness (QED) is 0.143. The Morgan fingerprint density at radius 1 is 0.820 bits per heavy atom. The number of halogens is 2. The predicted molar refractivity (Wildman–Crippen MR) is 169 cm³/mol. The van der Waals surface area contributed by atoms with Gasteiger partial charge in [-0.3, -0.25) is 14.4 Å². The second kappa shape index (κ2) is 16.9. The lowest BCUT2D eigenvalue weighted by Crippen LogP contribution is -2.58. The molecule has 268 valence electrons. The number of nitrogens with zero attached hydrogens (tertiary/aromatic N) is 1. The zero-order chi connectivity index (χ0) is 36.4. The van der Waals surface area contributed by atoms with Crippen LogP contribution in [0.2, 0.25) is 0 Å². The van der Waals surface area contributed by atoms with Gasteiger partial charge in [0.1, 0.15) is 29.5 Å². The molecule has 14 nitrogen and oxygen atoms in total. The summed E-state index contributed by atoms with van der Waals surface area (Å²) in [6.07, 6.45) is -0.167. The van der Waals surface area contributed by atoms with Crippen molar-refractivity contribution in [2.24, 2.45) is 0 Å². The summed E-state index contributed by atoms with van der Waals surface area (Å²) >= 11 is 0. The minimum absolute atomic E-state index is 0.0689. The number of hydrogen-bond acceptors (Lipinski definition) is 11. The summed E-state index contributed by atoms with van der Waals surface area (Å²) in [5.74, 6) is -4.31. The topological polar surface area (TPSA) is 165 Å². The van der Waals surface area contributed by atoms with Gasteiger partial charge in [-0.2, -0.15) is 4.79 Å². The highest BCUT2D eigenvalue weighted by molar-refractivity contribution is 6.11. The van der Waals surface area contributed by atoms with E-state index >= 15 is 0 Å². The van der Waals surface area contributed by atoms with Crippen molar-refractivity contribution in [3.05, 3.63) is 82.4 Å². The normalized spacial score (nSPS) is 17.2. The van der Waals surface area contributed by atoms with Crippen molar-refractivity contribution in [2.75, 3.05) is 55.1 Å². The number of nitrogens with one attached hydrogen (secondary N) is 1. The van der Waals surface area contributed by atoms with Crippen LogP contribution < -0.4 is 24.3 Å². The number of carboxylic acid groups (broad SMARTS) is 1. The molecule has 0 bridgehead atoms. The summed E-state index contributed by atoms with van der Waals surface area (Å²) in [7, 11) is 5.51. The van der Waals surface area contributed by atoms with Crippen LogP contribution in [0.4, 0.5) is 13.6 Å². The Labute approximate surface area is 285 Å². The van der Waals surface area contributed by atoms with Gasteiger partial charge >= 0.3 is 12.1 Å². The maximum Gasteiger partial charge on any atom is 0.556 e. The summed E-state index contributed by atoms with van der Waals surface area (Å²) < 4.78 is 58.5. The highest BCUT2D eigenvalue weighted by atomic mass is 19.1. The Hall–Kier alpha value is -5.32. The number of hydrogen-bond donors (Lipinski definition) is 2. The van der Waals surface area contributed by atoms with Crippen molar-refractivity contribution in [3.8, 4) is 23.0 Å². The Morgan fingerprint density at radius 2 is 1.44 bits per heavy atom. The minimum Gasteiger partial charge on any atom is -0.493 e. The van der Waals surface area contributed by atoms with E-state index in [9.17, 15) is 33.1 Å². The number of methoxy groups -OCH3 is 4. The number of carbonyl (C=O) groups excluding carboxylic acids is 3. The predicted octanol–water partition coefficient (Wildman–Crippen LogP) is 4.73. The van der Waals surface area contributed by atoms with Gasteiger partial charge in [-0.25, -0.2) is 13.6 Å². The second-order valence-electron chi connectivity index (χ2n) is 11.1. The van der Waals surface area contributed by atoms with Gasteiger partial charge in [-0.05, 0) is 41.8 Å². The molecule has 0 radical (unpaired) electrons. The number of hydroxylamine groups is 3. The maximum absolute atomic E-state index is 14.7. The first-order chi connectivity index (χ1) is 24.0. The van der Waals surface area contributed by atoms with E-state index in [1.165, 1.54) is 64.8 Å². The molecule has 4 rings (SSSR count). The van der Waals surface area contributed by atoms with Crippen molar-refractivity contribution in [1.82, 2.24) is 5.32 Å². The van der Waals surface area contributed by atoms with Gasteiger partial charge in [-0.1, -0.05) is 12.1 Å². The van der Waals surface area contributed by atoms with Crippen LogP contribution in [0.25, 0.3) is 0 Å². The Bertz CT molecular complexity index is 1690. The molecule has 2 amide bonds. The van der Waals surface area contributed by atoms with Crippen molar-refractivity contribution in [3.63, 3.8) is 0 Å². The third kappa shape index (κ3) is 8.63. The van der Waals surface area contributed by atoms with Crippen LogP contribution >= 0.6 is 0 Å². The fraction of sp³-hybridized carbons (Fsp3) is 0.353. The number of benzene rings is 3.